The van der Waals surface area contributed by atoms with E-state index in [1.54, 1.807) is 31.2 Å². The molecule has 1 aliphatic heterocycles. The molecule has 0 N–H and O–H groups in total. The number of likely N-dealkylation sites (tertiary alicyclic amines) is 1. The SMILES string of the molecule is CCN(CC)S(=O)(=O)c1ccc(CCC(=O)N2CCCCCC2c2noc(C)n2)cc1. The zero-order chi connectivity index (χ0) is 22.4. The summed E-state index contributed by atoms with van der Waals surface area (Å²) in [5.74, 6) is 1.15. The number of sulfonamides is 1. The predicted octanol–water partition coefficient (Wildman–Crippen LogP) is 3.49. The minimum absolute atomic E-state index is 0.0641. The van der Waals surface area contributed by atoms with Gasteiger partial charge in [0, 0.05) is 33.0 Å². The summed E-state index contributed by atoms with van der Waals surface area (Å²) in [5.41, 5.74) is 0.939. The van der Waals surface area contributed by atoms with Crippen LogP contribution in [0.15, 0.2) is 33.7 Å². The van der Waals surface area contributed by atoms with Crippen LogP contribution in [0, 0.1) is 6.92 Å². The molecule has 9 heteroatoms. The van der Waals surface area contributed by atoms with Crippen molar-refractivity contribution >= 4 is 15.9 Å². The summed E-state index contributed by atoms with van der Waals surface area (Å²) in [4.78, 5) is 19.6. The van der Waals surface area contributed by atoms with Crippen LogP contribution in [0.5, 0.6) is 0 Å². The number of rotatable bonds is 8. The second-order valence-corrected chi connectivity index (χ2v) is 9.80. The monoisotopic (exact) mass is 448 g/mol. The predicted molar refractivity (Wildman–Crippen MR) is 117 cm³/mol. The van der Waals surface area contributed by atoms with Crippen LogP contribution >= 0.6 is 0 Å². The molecule has 0 bridgehead atoms. The average molecular weight is 449 g/mol. The summed E-state index contributed by atoms with van der Waals surface area (Å²) in [6.45, 7) is 6.97. The average Bonchev–Trinajstić information content (AvgIpc) is 3.04. The Morgan fingerprint density at radius 1 is 1.16 bits per heavy atom. The number of amides is 1. The van der Waals surface area contributed by atoms with Crippen molar-refractivity contribution in [3.8, 4) is 0 Å². The lowest BCUT2D eigenvalue weighted by molar-refractivity contribution is -0.133. The van der Waals surface area contributed by atoms with E-state index in [4.69, 9.17) is 4.52 Å². The largest absolute Gasteiger partial charge is 0.340 e. The summed E-state index contributed by atoms with van der Waals surface area (Å²) in [6, 6.07) is 6.71. The van der Waals surface area contributed by atoms with Crippen molar-refractivity contribution in [2.45, 2.75) is 70.2 Å². The number of aromatic nitrogens is 2. The lowest BCUT2D eigenvalue weighted by Crippen LogP contribution is -2.35. The maximum Gasteiger partial charge on any atom is 0.243 e. The molecule has 8 nitrogen and oxygen atoms in total. The van der Waals surface area contributed by atoms with Gasteiger partial charge in [0.25, 0.3) is 0 Å². The first-order valence-corrected chi connectivity index (χ1v) is 12.5. The molecule has 2 aromatic rings. The van der Waals surface area contributed by atoms with E-state index in [0.29, 0.717) is 44.2 Å². The Hall–Kier alpha value is -2.26. The quantitative estimate of drug-likeness (QED) is 0.613. The topological polar surface area (TPSA) is 96.6 Å². The van der Waals surface area contributed by atoms with Crippen LogP contribution in [-0.2, 0) is 21.2 Å². The number of carbonyl (C=O) groups is 1. The van der Waals surface area contributed by atoms with E-state index < -0.39 is 10.0 Å². The van der Waals surface area contributed by atoms with E-state index in [0.717, 1.165) is 31.2 Å². The van der Waals surface area contributed by atoms with Gasteiger partial charge in [-0.05, 0) is 37.0 Å². The molecular weight excluding hydrogens is 416 g/mol. The third-order valence-corrected chi connectivity index (χ3v) is 7.87. The number of benzene rings is 1. The van der Waals surface area contributed by atoms with Gasteiger partial charge in [0.1, 0.15) is 0 Å². The van der Waals surface area contributed by atoms with Crippen LogP contribution < -0.4 is 0 Å². The Bertz CT molecular complexity index is 968. The summed E-state index contributed by atoms with van der Waals surface area (Å²) in [5, 5.41) is 4.05. The Balaban J connectivity index is 1.66. The van der Waals surface area contributed by atoms with E-state index in [1.165, 1.54) is 4.31 Å². The van der Waals surface area contributed by atoms with Gasteiger partial charge in [-0.2, -0.15) is 9.29 Å². The van der Waals surface area contributed by atoms with Gasteiger partial charge in [-0.1, -0.05) is 44.0 Å². The summed E-state index contributed by atoms with van der Waals surface area (Å²) in [6.07, 6.45) is 4.83. The molecule has 3 rings (SSSR count). The molecule has 1 aromatic heterocycles. The number of hydrogen-bond donors (Lipinski definition) is 0. The number of aryl methyl sites for hydroxylation is 2. The molecule has 0 saturated carbocycles. The zero-order valence-corrected chi connectivity index (χ0v) is 19.4. The van der Waals surface area contributed by atoms with Crippen molar-refractivity contribution in [1.29, 1.82) is 0 Å². The first-order valence-electron chi connectivity index (χ1n) is 11.1. The lowest BCUT2D eigenvalue weighted by Gasteiger charge is -2.28. The van der Waals surface area contributed by atoms with E-state index in [2.05, 4.69) is 10.1 Å². The fraction of sp³-hybridized carbons (Fsp3) is 0.591. The first kappa shape index (κ1) is 23.4. The van der Waals surface area contributed by atoms with Crippen molar-refractivity contribution in [2.75, 3.05) is 19.6 Å². The molecular formula is C22H32N4O4S. The van der Waals surface area contributed by atoms with Crippen molar-refractivity contribution < 1.29 is 17.7 Å². The van der Waals surface area contributed by atoms with Crippen LogP contribution in [0.25, 0.3) is 0 Å². The highest BCUT2D eigenvalue weighted by molar-refractivity contribution is 7.89. The van der Waals surface area contributed by atoms with Crippen molar-refractivity contribution in [1.82, 2.24) is 19.3 Å². The molecule has 2 heterocycles. The Morgan fingerprint density at radius 2 is 1.87 bits per heavy atom. The summed E-state index contributed by atoms with van der Waals surface area (Å²) >= 11 is 0. The first-order chi connectivity index (χ1) is 14.9. The van der Waals surface area contributed by atoms with Crippen molar-refractivity contribution in [2.24, 2.45) is 0 Å². The third kappa shape index (κ3) is 5.51. The van der Waals surface area contributed by atoms with Crippen LogP contribution in [-0.4, -0.2) is 53.3 Å². The van der Waals surface area contributed by atoms with Crippen LogP contribution in [0.3, 0.4) is 0 Å². The molecule has 0 radical (unpaired) electrons. The van der Waals surface area contributed by atoms with Crippen molar-refractivity contribution in [3.63, 3.8) is 0 Å². The third-order valence-electron chi connectivity index (χ3n) is 5.81. The standard InChI is InChI=1S/C22H32N4O4S/c1-4-25(5-2)31(28,29)19-13-10-18(11-14-19)12-15-21(27)26-16-8-6-7-9-20(26)22-23-17(3)30-24-22/h10-11,13-14,20H,4-9,12,15-16H2,1-3H3. The molecule has 1 aromatic carbocycles. The Kier molecular flexibility index (Phi) is 7.83. The van der Waals surface area contributed by atoms with E-state index in [9.17, 15) is 13.2 Å². The highest BCUT2D eigenvalue weighted by Gasteiger charge is 2.30. The second kappa shape index (κ2) is 10.4. The normalized spacial score (nSPS) is 17.7. The molecule has 1 saturated heterocycles. The maximum absolute atomic E-state index is 13.0. The molecule has 1 atom stereocenters. The lowest BCUT2D eigenvalue weighted by atomic mass is 10.1. The Labute approximate surface area is 184 Å². The molecule has 1 amide bonds. The molecule has 31 heavy (non-hydrogen) atoms. The van der Waals surface area contributed by atoms with E-state index in [-0.39, 0.29) is 16.8 Å². The second-order valence-electron chi connectivity index (χ2n) is 7.86. The highest BCUT2D eigenvalue weighted by atomic mass is 32.2. The van der Waals surface area contributed by atoms with Crippen LogP contribution in [0.1, 0.15) is 69.3 Å². The number of nitrogens with zero attached hydrogens (tertiary/aromatic N) is 4. The molecule has 1 unspecified atom stereocenters. The number of hydrogen-bond acceptors (Lipinski definition) is 6. The van der Waals surface area contributed by atoms with Gasteiger partial charge in [0.05, 0.1) is 10.9 Å². The van der Waals surface area contributed by atoms with Gasteiger partial charge in [-0.15, -0.1) is 0 Å². The Morgan fingerprint density at radius 3 is 2.48 bits per heavy atom. The van der Waals surface area contributed by atoms with Gasteiger partial charge >= 0.3 is 0 Å². The van der Waals surface area contributed by atoms with Gasteiger partial charge in [-0.25, -0.2) is 8.42 Å². The zero-order valence-electron chi connectivity index (χ0n) is 18.6. The summed E-state index contributed by atoms with van der Waals surface area (Å²) < 4.78 is 31.8. The molecule has 170 valence electrons. The maximum atomic E-state index is 13.0. The van der Waals surface area contributed by atoms with Crippen LogP contribution in [0.4, 0.5) is 0 Å². The molecule has 1 fully saturated rings. The smallest absolute Gasteiger partial charge is 0.243 e. The fourth-order valence-electron chi connectivity index (χ4n) is 4.06. The van der Waals surface area contributed by atoms with Crippen molar-refractivity contribution in [3.05, 3.63) is 41.5 Å². The van der Waals surface area contributed by atoms with Gasteiger partial charge in [-0.3, -0.25) is 4.79 Å². The minimum atomic E-state index is -3.47. The fourth-order valence-corrected chi connectivity index (χ4v) is 5.52. The van der Waals surface area contributed by atoms with E-state index >= 15 is 0 Å². The summed E-state index contributed by atoms with van der Waals surface area (Å²) in [7, 11) is -3.47. The minimum Gasteiger partial charge on any atom is -0.340 e. The van der Waals surface area contributed by atoms with Gasteiger partial charge in [0.15, 0.2) is 5.82 Å². The molecule has 1 aliphatic rings. The van der Waals surface area contributed by atoms with Gasteiger partial charge in [0.2, 0.25) is 21.8 Å². The molecule has 0 spiro atoms. The van der Waals surface area contributed by atoms with E-state index in [1.807, 2.05) is 18.7 Å². The highest BCUT2D eigenvalue weighted by Crippen LogP contribution is 2.29. The molecule has 0 aliphatic carbocycles. The van der Waals surface area contributed by atoms with Gasteiger partial charge < -0.3 is 9.42 Å². The number of carbonyl (C=O) groups excluding carboxylic acids is 1. The van der Waals surface area contributed by atoms with Crippen LogP contribution in [0.2, 0.25) is 0 Å².